The monoisotopic (exact) mass is 387 g/mol. The molecule has 3 rings (SSSR count). The van der Waals surface area contributed by atoms with Gasteiger partial charge >= 0.3 is 5.97 Å². The number of benzene rings is 3. The molecule has 0 saturated carbocycles. The Morgan fingerprint density at radius 3 is 2.14 bits per heavy atom. The molecule has 3 aromatic rings. The topological polar surface area (TPSA) is 61.1 Å². The third-order valence-electron chi connectivity index (χ3n) is 4.98. The number of rotatable bonds is 7. The molecule has 29 heavy (non-hydrogen) atoms. The van der Waals surface area contributed by atoms with Gasteiger partial charge in [-0.15, -0.1) is 0 Å². The summed E-state index contributed by atoms with van der Waals surface area (Å²) in [5, 5.41) is 18.4. The summed E-state index contributed by atoms with van der Waals surface area (Å²) in [7, 11) is 0. The summed E-state index contributed by atoms with van der Waals surface area (Å²) in [5.41, 5.74) is 4.48. The molecule has 4 heteroatoms. The zero-order chi connectivity index (χ0) is 20.8. The van der Waals surface area contributed by atoms with Crippen molar-refractivity contribution in [2.75, 3.05) is 0 Å². The van der Waals surface area contributed by atoms with Gasteiger partial charge in [-0.3, -0.25) is 0 Å². The number of hydrogen-bond donors (Lipinski definition) is 1. The fourth-order valence-electron chi connectivity index (χ4n) is 3.40. The molecular formula is C25H22FNO2. The van der Waals surface area contributed by atoms with Gasteiger partial charge in [0.1, 0.15) is 11.9 Å². The second kappa shape index (κ2) is 9.16. The number of nitriles is 1. The molecule has 0 saturated heterocycles. The fourth-order valence-corrected chi connectivity index (χ4v) is 3.40. The number of nitrogens with zero attached hydrogens (tertiary/aromatic N) is 1. The summed E-state index contributed by atoms with van der Waals surface area (Å²) in [6.07, 6.45) is 3.77. The van der Waals surface area contributed by atoms with Crippen LogP contribution in [0.5, 0.6) is 0 Å². The lowest BCUT2D eigenvalue weighted by atomic mass is 9.94. The van der Waals surface area contributed by atoms with E-state index in [0.29, 0.717) is 11.1 Å². The van der Waals surface area contributed by atoms with Gasteiger partial charge in [-0.2, -0.15) is 5.26 Å². The van der Waals surface area contributed by atoms with Gasteiger partial charge in [0, 0.05) is 0 Å². The van der Waals surface area contributed by atoms with Crippen LogP contribution in [0, 0.1) is 17.1 Å². The maximum absolute atomic E-state index is 14.1. The zero-order valence-corrected chi connectivity index (χ0v) is 16.3. The molecular weight excluding hydrogens is 365 g/mol. The van der Waals surface area contributed by atoms with Gasteiger partial charge in [0.15, 0.2) is 0 Å². The van der Waals surface area contributed by atoms with Crippen molar-refractivity contribution in [3.63, 3.8) is 0 Å². The molecule has 0 aromatic heterocycles. The van der Waals surface area contributed by atoms with Crippen molar-refractivity contribution >= 4 is 5.97 Å². The van der Waals surface area contributed by atoms with E-state index in [4.69, 9.17) is 5.26 Å². The normalized spacial score (nSPS) is 10.5. The lowest BCUT2D eigenvalue weighted by Gasteiger charge is -2.11. The highest BCUT2D eigenvalue weighted by atomic mass is 19.1. The van der Waals surface area contributed by atoms with Gasteiger partial charge in [-0.25, -0.2) is 9.18 Å². The number of aryl methyl sites for hydroxylation is 3. The van der Waals surface area contributed by atoms with Crippen LogP contribution in [-0.2, 0) is 19.3 Å². The summed E-state index contributed by atoms with van der Waals surface area (Å²) in [4.78, 5) is 11.6. The second-order valence-corrected chi connectivity index (χ2v) is 7.06. The first-order chi connectivity index (χ1) is 14.0. The Morgan fingerprint density at radius 1 is 0.931 bits per heavy atom. The maximum Gasteiger partial charge on any atom is 0.336 e. The SMILES string of the molecule is CCCc1ccc(CCc2ccc(C(=O)O)c(-c3ccc(C#N)c(F)c3)c2)cc1. The predicted molar refractivity (Wildman–Crippen MR) is 111 cm³/mol. The van der Waals surface area contributed by atoms with E-state index in [-0.39, 0.29) is 11.1 Å². The molecule has 0 radical (unpaired) electrons. The largest absolute Gasteiger partial charge is 0.478 e. The molecule has 1 N–H and O–H groups in total. The minimum Gasteiger partial charge on any atom is -0.478 e. The van der Waals surface area contributed by atoms with Crippen LogP contribution in [0.25, 0.3) is 11.1 Å². The van der Waals surface area contributed by atoms with Crippen molar-refractivity contribution in [1.29, 1.82) is 5.26 Å². The second-order valence-electron chi connectivity index (χ2n) is 7.06. The van der Waals surface area contributed by atoms with Crippen molar-refractivity contribution in [2.24, 2.45) is 0 Å². The van der Waals surface area contributed by atoms with Crippen LogP contribution in [0.2, 0.25) is 0 Å². The number of carbonyl (C=O) groups is 1. The summed E-state index contributed by atoms with van der Waals surface area (Å²) >= 11 is 0. The third-order valence-corrected chi connectivity index (χ3v) is 4.98. The molecule has 0 fully saturated rings. The van der Waals surface area contributed by atoms with E-state index < -0.39 is 11.8 Å². The number of aromatic carboxylic acids is 1. The van der Waals surface area contributed by atoms with Crippen LogP contribution in [0.3, 0.4) is 0 Å². The van der Waals surface area contributed by atoms with E-state index in [1.54, 1.807) is 30.3 Å². The number of halogens is 1. The third kappa shape index (κ3) is 4.89. The van der Waals surface area contributed by atoms with Crippen molar-refractivity contribution < 1.29 is 14.3 Å². The molecule has 3 aromatic carbocycles. The molecule has 0 aliphatic heterocycles. The van der Waals surface area contributed by atoms with Crippen molar-refractivity contribution in [2.45, 2.75) is 32.6 Å². The van der Waals surface area contributed by atoms with Gasteiger partial charge in [-0.05, 0) is 65.3 Å². The van der Waals surface area contributed by atoms with Gasteiger partial charge in [0.25, 0.3) is 0 Å². The lowest BCUT2D eigenvalue weighted by Crippen LogP contribution is -2.02. The Balaban J connectivity index is 1.86. The van der Waals surface area contributed by atoms with Crippen LogP contribution in [-0.4, -0.2) is 11.1 Å². The summed E-state index contributed by atoms with van der Waals surface area (Å²) < 4.78 is 14.1. The van der Waals surface area contributed by atoms with Crippen LogP contribution < -0.4 is 0 Å². The Morgan fingerprint density at radius 2 is 1.55 bits per heavy atom. The Kier molecular flexibility index (Phi) is 6.41. The average molecular weight is 387 g/mol. The first-order valence-electron chi connectivity index (χ1n) is 9.66. The van der Waals surface area contributed by atoms with E-state index >= 15 is 0 Å². The average Bonchev–Trinajstić information content (AvgIpc) is 2.73. The standard InChI is InChI=1S/C25H22FNO2/c1-2-3-17-4-6-18(7-5-17)8-9-19-10-13-22(25(28)29)23(14-19)20-11-12-21(16-27)24(26)15-20/h4-7,10-15H,2-3,8-9H2,1H3,(H,28,29). The molecule has 0 amide bonds. The lowest BCUT2D eigenvalue weighted by molar-refractivity contribution is 0.0697. The number of hydrogen-bond acceptors (Lipinski definition) is 2. The molecule has 0 heterocycles. The predicted octanol–water partition coefficient (Wildman–Crippen LogP) is 5.80. The highest BCUT2D eigenvalue weighted by Gasteiger charge is 2.14. The maximum atomic E-state index is 14.1. The molecule has 0 aliphatic carbocycles. The first kappa shape index (κ1) is 20.3. The Bertz CT molecular complexity index is 1070. The van der Waals surface area contributed by atoms with Crippen LogP contribution in [0.4, 0.5) is 4.39 Å². The summed E-state index contributed by atoms with van der Waals surface area (Å²) in [6.45, 7) is 2.16. The van der Waals surface area contributed by atoms with E-state index in [1.165, 1.54) is 23.3 Å². The Hall–Kier alpha value is -3.45. The van der Waals surface area contributed by atoms with Gasteiger partial charge in [-0.1, -0.05) is 55.8 Å². The van der Waals surface area contributed by atoms with Gasteiger partial charge < -0.3 is 5.11 Å². The summed E-state index contributed by atoms with van der Waals surface area (Å²) in [6, 6.07) is 19.7. The van der Waals surface area contributed by atoms with Crippen molar-refractivity contribution in [1.82, 2.24) is 0 Å². The smallest absolute Gasteiger partial charge is 0.336 e. The molecule has 0 bridgehead atoms. The van der Waals surface area contributed by atoms with Gasteiger partial charge in [0.05, 0.1) is 11.1 Å². The Labute approximate surface area is 170 Å². The molecule has 0 aliphatic rings. The van der Waals surface area contributed by atoms with E-state index in [0.717, 1.165) is 31.2 Å². The summed E-state index contributed by atoms with van der Waals surface area (Å²) in [5.74, 6) is -1.72. The van der Waals surface area contributed by atoms with E-state index in [9.17, 15) is 14.3 Å². The molecule has 0 atom stereocenters. The van der Waals surface area contributed by atoms with E-state index in [2.05, 4.69) is 31.2 Å². The van der Waals surface area contributed by atoms with Crippen LogP contribution in [0.15, 0.2) is 60.7 Å². The highest BCUT2D eigenvalue weighted by Crippen LogP contribution is 2.27. The number of carboxylic acid groups (broad SMARTS) is 1. The van der Waals surface area contributed by atoms with Crippen LogP contribution in [0.1, 0.15) is 46.0 Å². The fraction of sp³-hybridized carbons (Fsp3) is 0.200. The van der Waals surface area contributed by atoms with Crippen molar-refractivity contribution in [3.05, 3.63) is 94.3 Å². The highest BCUT2D eigenvalue weighted by molar-refractivity contribution is 5.96. The quantitative estimate of drug-likeness (QED) is 0.557. The van der Waals surface area contributed by atoms with E-state index in [1.807, 2.05) is 0 Å². The minimum absolute atomic E-state index is 0.0618. The minimum atomic E-state index is -1.07. The molecule has 0 unspecified atom stereocenters. The molecule has 3 nitrogen and oxygen atoms in total. The molecule has 146 valence electrons. The van der Waals surface area contributed by atoms with Crippen molar-refractivity contribution in [3.8, 4) is 17.2 Å². The van der Waals surface area contributed by atoms with Gasteiger partial charge in [0.2, 0.25) is 0 Å². The first-order valence-corrected chi connectivity index (χ1v) is 9.66. The molecule has 0 spiro atoms. The zero-order valence-electron chi connectivity index (χ0n) is 16.3. The number of carboxylic acids is 1. The van der Waals surface area contributed by atoms with Crippen LogP contribution >= 0.6 is 0 Å².